The summed E-state index contributed by atoms with van der Waals surface area (Å²) in [6.45, 7) is 16.4. The van der Waals surface area contributed by atoms with Gasteiger partial charge >= 0.3 is 6.09 Å². The Hall–Kier alpha value is -15.1. The minimum absolute atomic E-state index is 0.120. The van der Waals surface area contributed by atoms with Gasteiger partial charge in [0.05, 0.1) is 44.0 Å². The molecule has 5 N–H and O–H groups in total. The van der Waals surface area contributed by atoms with E-state index in [0.717, 1.165) is 216 Å². The second-order valence-corrected chi connectivity index (χ2v) is 41.6. The predicted octanol–water partition coefficient (Wildman–Crippen LogP) is 19.0. The fraction of sp³-hybridized carbons (Fsp3) is 0.423. The Kier molecular flexibility index (Phi) is 32.5. The highest BCUT2D eigenvalue weighted by Crippen LogP contribution is 2.38. The molecular weight excluding hydrogens is 1900 g/mol. The summed E-state index contributed by atoms with van der Waals surface area (Å²) in [4.78, 5) is 105. The van der Waals surface area contributed by atoms with Crippen LogP contribution in [0, 0.1) is 26.0 Å². The maximum Gasteiger partial charge on any atom is 0.409 e. The number of aromatic nitrogens is 11. The van der Waals surface area contributed by atoms with Crippen molar-refractivity contribution in [2.24, 2.45) is 0 Å². The van der Waals surface area contributed by atoms with Gasteiger partial charge in [0.2, 0.25) is 39.8 Å². The molecule has 0 unspecified atom stereocenters. The number of carbonyl (C=O) groups excluding carboxylic acids is 1. The van der Waals surface area contributed by atoms with E-state index in [1.165, 1.54) is 156 Å². The Bertz CT molecular complexity index is 7030. The zero-order valence-corrected chi connectivity index (χ0v) is 85.3. The molecule has 8 aromatic carbocycles. The third-order valence-electron chi connectivity index (χ3n) is 30.0. The Balaban J connectivity index is 0.000000113. The second-order valence-electron chi connectivity index (χ2n) is 39.7. The number of anilines is 13. The molecule has 14 aromatic rings. The molecule has 1 amide bonds. The van der Waals surface area contributed by atoms with Gasteiger partial charge in [-0.15, -0.1) is 0 Å². The zero-order valence-electron chi connectivity index (χ0n) is 84.5. The molecule has 0 spiro atoms. The Labute approximate surface area is 867 Å². The molecule has 5 saturated heterocycles. The number of hydrogen-bond acceptors (Lipinski definition) is 32. The largest absolute Gasteiger partial charge is 0.450 e. The van der Waals surface area contributed by atoms with Gasteiger partial charge in [0.25, 0.3) is 11.4 Å². The SMILES string of the molecule is CCOC(=O)N1CCN(c2nc(NC3CCCC3)c3ccccc3n2)CC1.Fc1ccc(N2CCN(c3nc(NC4CCCC4)c4ccccc4n3)CC2)cc1.O=[N+]([O-])c1ccc(N2CCN(c3nc(NC4CCCC4)c4ccccc4n3)CC2)cc1.O=[N+]([O-])c1ccccc1S(=O)(=O)N1CCN(c2nc(NC3CCCC3)c3ccccc3n2)CC1.c1ccc(N2CCN(c3nc(NC4CCCC4)c4ccccc4n3)CC2)nc1. The average molecular weight is 2040 g/mol. The van der Waals surface area contributed by atoms with Crippen molar-refractivity contribution in [2.45, 2.75) is 170 Å². The lowest BCUT2D eigenvalue weighted by molar-refractivity contribution is -0.387. The van der Waals surface area contributed by atoms with Gasteiger partial charge in [0.15, 0.2) is 4.90 Å². The molecule has 24 rings (SSSR count). The molecule has 38 heteroatoms. The normalized spacial score (nSPS) is 17.8. The molecule has 5 aliphatic heterocycles. The summed E-state index contributed by atoms with van der Waals surface area (Å²) in [5.74, 6) is 9.15. The first-order valence-corrected chi connectivity index (χ1v) is 54.6. The van der Waals surface area contributed by atoms with Crippen molar-refractivity contribution in [3.8, 4) is 0 Å². The molecule has 5 aliphatic carbocycles. The van der Waals surface area contributed by atoms with Gasteiger partial charge in [-0.2, -0.15) is 29.2 Å². The van der Waals surface area contributed by atoms with Crippen LogP contribution in [0.1, 0.15) is 135 Å². The highest BCUT2D eigenvalue weighted by atomic mass is 32.2. The number of fused-ring (bicyclic) bond motifs is 5. The van der Waals surface area contributed by atoms with E-state index in [2.05, 4.69) is 120 Å². The van der Waals surface area contributed by atoms with Gasteiger partial charge in [0, 0.05) is 224 Å². The number of nitrogens with zero attached hydrogens (tertiary/aromatic N) is 23. The number of halogens is 1. The number of nitro benzene ring substituents is 2. The fourth-order valence-corrected chi connectivity index (χ4v) is 23.3. The average Bonchev–Trinajstić information content (AvgIpc) is 1.65. The van der Waals surface area contributed by atoms with Crippen LogP contribution in [0.5, 0.6) is 0 Å². The molecule has 776 valence electrons. The first kappa shape index (κ1) is 101. The van der Waals surface area contributed by atoms with E-state index in [1.54, 1.807) is 17.0 Å². The molecule has 10 fully saturated rings. The number of rotatable bonds is 23. The van der Waals surface area contributed by atoms with E-state index in [1.807, 2.05) is 127 Å². The van der Waals surface area contributed by atoms with Gasteiger partial charge in [-0.3, -0.25) is 20.2 Å². The number of nitrogens with one attached hydrogen (secondary N) is 5. The molecule has 0 bridgehead atoms. The Morgan fingerprint density at radius 3 is 0.926 bits per heavy atom. The smallest absolute Gasteiger partial charge is 0.409 e. The number of piperazine rings is 5. The zero-order chi connectivity index (χ0) is 102. The van der Waals surface area contributed by atoms with Crippen LogP contribution >= 0.6 is 0 Å². The van der Waals surface area contributed by atoms with Crippen molar-refractivity contribution in [1.82, 2.24) is 64.0 Å². The number of ether oxygens (including phenoxy) is 1. The summed E-state index contributed by atoms with van der Waals surface area (Å²) in [7, 11) is -3.99. The molecule has 149 heavy (non-hydrogen) atoms. The van der Waals surface area contributed by atoms with Crippen LogP contribution in [0.15, 0.2) is 223 Å². The fourth-order valence-electron chi connectivity index (χ4n) is 21.7. The van der Waals surface area contributed by atoms with Crippen LogP contribution in [-0.2, 0) is 14.8 Å². The van der Waals surface area contributed by atoms with E-state index < -0.39 is 20.6 Å². The van der Waals surface area contributed by atoms with Crippen molar-refractivity contribution in [3.63, 3.8) is 0 Å². The van der Waals surface area contributed by atoms with E-state index >= 15 is 0 Å². The van der Waals surface area contributed by atoms with Gasteiger partial charge in [0.1, 0.15) is 40.7 Å². The first-order valence-electron chi connectivity index (χ1n) is 53.2. The summed E-state index contributed by atoms with van der Waals surface area (Å²) >= 11 is 0. The van der Waals surface area contributed by atoms with Crippen molar-refractivity contribution in [2.75, 3.05) is 203 Å². The Morgan fingerprint density at radius 1 is 0.336 bits per heavy atom. The molecule has 5 saturated carbocycles. The van der Waals surface area contributed by atoms with Crippen molar-refractivity contribution in [3.05, 3.63) is 245 Å². The standard InChI is InChI=1S/C23H26FN5.C23H26N6O4S.C23H26N6O2.C22H26N6.C20H27N5O2/c24-17-9-11-19(12-10-17)28-13-15-29(16-14-28)23-26-21-8-4-3-7-20(21)22(27-23)25-18-5-1-2-6-18;30-29(31)20-11-5-6-12-21(20)34(32,33)28-15-13-27(14-16-28)23-25-19-10-4-3-9-18(19)22(26-23)24-17-7-1-2-8-17;30-29(31)19-11-9-18(10-12-19)27-13-15-28(16-14-27)23-25-21-8-4-3-7-20(21)22(26-23)24-17-5-1-2-6-17;1-2-8-17(7-1)24-21-18-9-3-4-10-19(18)25-22(26-21)28-15-13-27(14-16-28)20-11-5-6-12-23-20;1-2-27-20(26)25-13-11-24(12-14-25)19-22-17-10-6-5-9-16(17)18(23-19)21-15-7-3-4-8-15/h3-4,7-12,18H,1-2,5-6,13-16H2,(H,25,26,27);3-6,9-12,17H,1-2,7-8,13-16H2,(H,24,25,26);3-4,7-12,17H,1-2,5-6,13-16H2,(H,24,25,26);3-6,9-12,17H,1-2,7-8,13-16H2,(H,24,25,26);5-6,9-10,15H,2-4,7-8,11-14H2,1H3,(H,21,22,23). The van der Waals surface area contributed by atoms with Crippen LogP contribution in [0.2, 0.25) is 0 Å². The van der Waals surface area contributed by atoms with Crippen LogP contribution in [-0.4, -0.2) is 256 Å². The molecular formula is C111H131FN28O8S. The molecule has 0 radical (unpaired) electrons. The summed E-state index contributed by atoms with van der Waals surface area (Å²) in [5, 5.41) is 45.8. The third kappa shape index (κ3) is 24.8. The number of hydrogen-bond donors (Lipinski definition) is 5. The van der Waals surface area contributed by atoms with Crippen LogP contribution in [0.25, 0.3) is 54.5 Å². The number of pyridine rings is 1. The number of non-ortho nitro benzene ring substituents is 1. The van der Waals surface area contributed by atoms with Gasteiger partial charge in [-0.1, -0.05) is 143 Å². The molecule has 6 aromatic heterocycles. The quantitative estimate of drug-likeness (QED) is 0.0293. The van der Waals surface area contributed by atoms with Crippen molar-refractivity contribution in [1.29, 1.82) is 0 Å². The van der Waals surface area contributed by atoms with Crippen molar-refractivity contribution >= 4 is 158 Å². The van der Waals surface area contributed by atoms with Crippen LogP contribution in [0.3, 0.4) is 0 Å². The number of sulfonamides is 1. The highest BCUT2D eigenvalue weighted by molar-refractivity contribution is 7.89. The number of para-hydroxylation sites is 6. The number of amides is 1. The van der Waals surface area contributed by atoms with Crippen LogP contribution < -0.4 is 65.8 Å². The maximum atomic E-state index is 13.2. The third-order valence-corrected chi connectivity index (χ3v) is 32.0. The minimum atomic E-state index is -3.99. The van der Waals surface area contributed by atoms with Crippen molar-refractivity contribution < 1.29 is 32.2 Å². The molecule has 10 aliphatic rings. The number of benzene rings is 8. The number of carbonyl (C=O) groups is 1. The monoisotopic (exact) mass is 2040 g/mol. The molecule has 0 atom stereocenters. The summed E-state index contributed by atoms with van der Waals surface area (Å²) < 4.78 is 45.9. The van der Waals surface area contributed by atoms with E-state index in [0.29, 0.717) is 82.0 Å². The topological polar surface area (TPSA) is 381 Å². The van der Waals surface area contributed by atoms with E-state index in [9.17, 15) is 37.8 Å². The van der Waals surface area contributed by atoms with Crippen LogP contribution in [0.4, 0.5) is 96.6 Å². The van der Waals surface area contributed by atoms with Gasteiger partial charge < -0.3 is 75.4 Å². The maximum absolute atomic E-state index is 13.2. The molecule has 11 heterocycles. The predicted molar refractivity (Wildman–Crippen MR) is 589 cm³/mol. The van der Waals surface area contributed by atoms with E-state index in [4.69, 9.17) is 54.6 Å². The van der Waals surface area contributed by atoms with Gasteiger partial charge in [-0.05, 0) is 186 Å². The lowest BCUT2D eigenvalue weighted by Gasteiger charge is -2.36. The van der Waals surface area contributed by atoms with Gasteiger partial charge in [-0.25, -0.2) is 47.5 Å². The number of nitro groups is 2. The lowest BCUT2D eigenvalue weighted by atomic mass is 10.2. The minimum Gasteiger partial charge on any atom is -0.450 e. The summed E-state index contributed by atoms with van der Waals surface area (Å²) in [5.41, 5.74) is 6.53. The summed E-state index contributed by atoms with van der Waals surface area (Å²) in [6, 6.07) is 68.3. The molecule has 36 nitrogen and oxygen atoms in total. The second kappa shape index (κ2) is 47.8. The highest BCUT2D eigenvalue weighted by Gasteiger charge is 2.37. The summed E-state index contributed by atoms with van der Waals surface area (Å²) in [6.07, 6.45) is 26.3. The Morgan fingerprint density at radius 2 is 0.617 bits per heavy atom. The first-order chi connectivity index (χ1) is 73.0. The van der Waals surface area contributed by atoms with E-state index in [-0.39, 0.29) is 40.5 Å². The lowest BCUT2D eigenvalue weighted by Crippen LogP contribution is -2.49.